The molecule has 2 heterocycles. The Hall–Kier alpha value is -4.13. The fourth-order valence-electron chi connectivity index (χ4n) is 4.63. The summed E-state index contributed by atoms with van der Waals surface area (Å²) in [5, 5.41) is 3.07. The molecule has 35 heavy (non-hydrogen) atoms. The van der Waals surface area contributed by atoms with Gasteiger partial charge in [-0.3, -0.25) is 9.59 Å². The number of hydrogen-bond acceptors (Lipinski definition) is 4. The molecule has 178 valence electrons. The van der Waals surface area contributed by atoms with Gasteiger partial charge in [0.05, 0.1) is 17.6 Å². The van der Waals surface area contributed by atoms with Crippen LogP contribution in [0.3, 0.4) is 0 Å². The average Bonchev–Trinajstić information content (AvgIpc) is 3.24. The van der Waals surface area contributed by atoms with Gasteiger partial charge in [-0.15, -0.1) is 0 Å². The number of fused-ring (bicyclic) bond motifs is 3. The lowest BCUT2D eigenvalue weighted by atomic mass is 9.94. The van der Waals surface area contributed by atoms with Crippen molar-refractivity contribution in [2.75, 3.05) is 19.0 Å². The molecule has 0 saturated carbocycles. The molecule has 4 aromatic rings. The van der Waals surface area contributed by atoms with Crippen LogP contribution in [0.4, 0.5) is 5.69 Å². The van der Waals surface area contributed by atoms with Crippen LogP contribution in [-0.2, 0) is 24.4 Å². The number of carbonyl (C=O) groups is 2. The summed E-state index contributed by atoms with van der Waals surface area (Å²) in [6, 6.07) is 25.5. The minimum atomic E-state index is -1.09. The number of imidazole rings is 1. The normalized spacial score (nSPS) is 17.3. The summed E-state index contributed by atoms with van der Waals surface area (Å²) < 4.78 is 1.88. The topological polar surface area (TPSA) is 70.5 Å². The molecule has 0 spiro atoms. The number of benzene rings is 3. The lowest BCUT2D eigenvalue weighted by molar-refractivity contribution is -0.133. The van der Waals surface area contributed by atoms with Gasteiger partial charge in [-0.2, -0.15) is 0 Å². The summed E-state index contributed by atoms with van der Waals surface area (Å²) >= 11 is 0. The lowest BCUT2D eigenvalue weighted by Gasteiger charge is -2.43. The van der Waals surface area contributed by atoms with Crippen LogP contribution in [0.5, 0.6) is 0 Å². The zero-order valence-electron chi connectivity index (χ0n) is 20.2. The molecule has 3 aromatic carbocycles. The van der Waals surface area contributed by atoms with Crippen LogP contribution in [0.15, 0.2) is 78.9 Å². The van der Waals surface area contributed by atoms with Crippen molar-refractivity contribution in [1.82, 2.24) is 19.8 Å². The first kappa shape index (κ1) is 22.7. The molecule has 1 aromatic heterocycles. The van der Waals surface area contributed by atoms with E-state index < -0.39 is 5.54 Å². The van der Waals surface area contributed by atoms with E-state index in [-0.39, 0.29) is 11.8 Å². The first-order valence-electron chi connectivity index (χ1n) is 11.7. The second-order valence-corrected chi connectivity index (χ2v) is 9.40. The maximum absolute atomic E-state index is 13.8. The summed E-state index contributed by atoms with van der Waals surface area (Å²) in [6.45, 7) is 2.87. The highest BCUT2D eigenvalue weighted by atomic mass is 16.2. The number of nitrogens with one attached hydrogen (secondary N) is 1. The van der Waals surface area contributed by atoms with Crippen LogP contribution in [0, 0.1) is 0 Å². The zero-order chi connectivity index (χ0) is 24.6. The van der Waals surface area contributed by atoms with Crippen molar-refractivity contribution in [3.63, 3.8) is 0 Å². The van der Waals surface area contributed by atoms with E-state index in [1.165, 1.54) is 0 Å². The van der Waals surface area contributed by atoms with Crippen LogP contribution < -0.4 is 10.2 Å². The summed E-state index contributed by atoms with van der Waals surface area (Å²) in [6.07, 6.45) is 0. The van der Waals surface area contributed by atoms with Crippen LogP contribution >= 0.6 is 0 Å². The van der Waals surface area contributed by atoms with Gasteiger partial charge in [-0.05, 0) is 42.3 Å². The Bertz CT molecular complexity index is 1380. The van der Waals surface area contributed by atoms with Crippen LogP contribution in [-0.4, -0.2) is 45.9 Å². The molecular formula is C28H29N5O2. The summed E-state index contributed by atoms with van der Waals surface area (Å²) in [5.41, 5.74) is 3.54. The molecule has 7 heteroatoms. The van der Waals surface area contributed by atoms with E-state index in [0.29, 0.717) is 25.5 Å². The predicted molar refractivity (Wildman–Crippen MR) is 137 cm³/mol. The molecule has 1 atom stereocenters. The van der Waals surface area contributed by atoms with Gasteiger partial charge in [0.15, 0.2) is 5.82 Å². The SMILES string of the molecule is CN(C)c1ccc(CN2C(=O)c3nc4ccccc4n3C[C@]2(C)C(=O)NCc2ccccc2)cc1. The standard InChI is InChI=1S/C28H29N5O2/c1-28(27(35)29-17-20-9-5-4-6-10-20)19-32-24-12-8-7-11-23(24)30-25(32)26(34)33(28)18-21-13-15-22(16-14-21)31(2)3/h4-16H,17-19H2,1-3H3,(H,29,35)/t28-/m1/s1. The fraction of sp³-hybridized carbons (Fsp3) is 0.250. The Labute approximate surface area is 205 Å². The monoisotopic (exact) mass is 467 g/mol. The number of carbonyl (C=O) groups excluding carboxylic acids is 2. The quantitative estimate of drug-likeness (QED) is 0.468. The van der Waals surface area contributed by atoms with E-state index in [2.05, 4.69) is 10.3 Å². The Balaban J connectivity index is 1.51. The first-order chi connectivity index (χ1) is 16.9. The highest BCUT2D eigenvalue weighted by Gasteiger charge is 2.48. The van der Waals surface area contributed by atoms with Crippen molar-refractivity contribution in [1.29, 1.82) is 0 Å². The van der Waals surface area contributed by atoms with Crippen molar-refractivity contribution < 1.29 is 9.59 Å². The lowest BCUT2D eigenvalue weighted by Crippen LogP contribution is -2.63. The van der Waals surface area contributed by atoms with Crippen molar-refractivity contribution in [2.24, 2.45) is 0 Å². The molecule has 5 rings (SSSR count). The molecule has 2 amide bonds. The van der Waals surface area contributed by atoms with Gasteiger partial charge in [0.1, 0.15) is 5.54 Å². The van der Waals surface area contributed by atoms with Gasteiger partial charge in [0.25, 0.3) is 5.91 Å². The van der Waals surface area contributed by atoms with E-state index >= 15 is 0 Å². The Morgan fingerprint density at radius 1 is 0.971 bits per heavy atom. The van der Waals surface area contributed by atoms with Crippen molar-refractivity contribution in [3.8, 4) is 0 Å². The molecule has 7 nitrogen and oxygen atoms in total. The third-order valence-electron chi connectivity index (χ3n) is 6.73. The number of anilines is 1. The second kappa shape index (κ2) is 8.91. The van der Waals surface area contributed by atoms with Gasteiger partial charge in [0.2, 0.25) is 5.91 Å². The van der Waals surface area contributed by atoms with E-state index in [0.717, 1.165) is 27.8 Å². The molecule has 0 unspecified atom stereocenters. The number of aromatic nitrogens is 2. The summed E-state index contributed by atoms with van der Waals surface area (Å²) in [4.78, 5) is 35.8. The average molecular weight is 468 g/mol. The predicted octanol–water partition coefficient (Wildman–Crippen LogP) is 3.83. The highest BCUT2D eigenvalue weighted by molar-refractivity contribution is 6.01. The number of para-hydroxylation sites is 2. The summed E-state index contributed by atoms with van der Waals surface area (Å²) in [5.74, 6) is -0.0750. The zero-order valence-corrected chi connectivity index (χ0v) is 20.2. The third kappa shape index (κ3) is 4.14. The smallest absolute Gasteiger partial charge is 0.291 e. The van der Waals surface area contributed by atoms with E-state index in [9.17, 15) is 9.59 Å². The molecule has 1 N–H and O–H groups in total. The Kier molecular flexibility index (Phi) is 5.76. The summed E-state index contributed by atoms with van der Waals surface area (Å²) in [7, 11) is 3.98. The minimum absolute atomic E-state index is 0.192. The van der Waals surface area contributed by atoms with Crippen LogP contribution in [0.1, 0.15) is 28.7 Å². The molecule has 0 radical (unpaired) electrons. The largest absolute Gasteiger partial charge is 0.378 e. The second-order valence-electron chi connectivity index (χ2n) is 9.40. The Morgan fingerprint density at radius 2 is 1.66 bits per heavy atom. The van der Waals surface area contributed by atoms with Crippen molar-refractivity contribution in [3.05, 3.63) is 95.8 Å². The van der Waals surface area contributed by atoms with Gasteiger partial charge in [-0.1, -0.05) is 54.6 Å². The van der Waals surface area contributed by atoms with Gasteiger partial charge >= 0.3 is 0 Å². The molecule has 0 bridgehead atoms. The fourth-order valence-corrected chi connectivity index (χ4v) is 4.63. The Morgan fingerprint density at radius 3 is 2.37 bits per heavy atom. The number of hydrogen-bond donors (Lipinski definition) is 1. The number of rotatable bonds is 6. The van der Waals surface area contributed by atoms with Gasteiger partial charge in [-0.25, -0.2) is 4.98 Å². The van der Waals surface area contributed by atoms with E-state index in [1.807, 2.05) is 109 Å². The highest BCUT2D eigenvalue weighted by Crippen LogP contribution is 2.32. The molecular weight excluding hydrogens is 438 g/mol. The number of amides is 2. The van der Waals surface area contributed by atoms with E-state index in [4.69, 9.17) is 0 Å². The molecule has 0 saturated heterocycles. The van der Waals surface area contributed by atoms with Gasteiger partial charge in [0, 0.05) is 32.9 Å². The van der Waals surface area contributed by atoms with Crippen LogP contribution in [0.25, 0.3) is 11.0 Å². The van der Waals surface area contributed by atoms with E-state index in [1.54, 1.807) is 4.90 Å². The first-order valence-corrected chi connectivity index (χ1v) is 11.7. The van der Waals surface area contributed by atoms with Crippen molar-refractivity contribution in [2.45, 2.75) is 32.1 Å². The maximum Gasteiger partial charge on any atom is 0.291 e. The number of nitrogens with zero attached hydrogens (tertiary/aromatic N) is 4. The molecule has 1 aliphatic heterocycles. The molecule has 1 aliphatic rings. The third-order valence-corrected chi connectivity index (χ3v) is 6.73. The molecule has 0 fully saturated rings. The molecule has 0 aliphatic carbocycles. The minimum Gasteiger partial charge on any atom is -0.378 e. The van der Waals surface area contributed by atoms with Crippen molar-refractivity contribution >= 4 is 28.5 Å². The maximum atomic E-state index is 13.8. The van der Waals surface area contributed by atoms with Crippen LogP contribution in [0.2, 0.25) is 0 Å². The van der Waals surface area contributed by atoms with Gasteiger partial charge < -0.3 is 19.7 Å².